The van der Waals surface area contributed by atoms with Crippen molar-refractivity contribution in [1.29, 1.82) is 0 Å². The molecule has 5 nitrogen and oxygen atoms in total. The van der Waals surface area contributed by atoms with E-state index in [1.54, 1.807) is 39.8 Å². The molecule has 0 aliphatic rings. The minimum Gasteiger partial charge on any atom is -0.444 e. The first-order valence-corrected chi connectivity index (χ1v) is 5.24. The number of nitrogens with zero attached hydrogens (tertiary/aromatic N) is 1. The molecule has 17 heavy (non-hydrogen) atoms. The molecular formula is C12H16N2O3. The number of ether oxygens (including phenoxy) is 1. The molecule has 1 rings (SSSR count). The molecule has 0 saturated heterocycles. The number of carbonyl (C=O) groups is 2. The number of aryl methyl sites for hydroxylation is 1. The molecule has 1 aromatic rings. The predicted molar refractivity (Wildman–Crippen MR) is 64.2 cm³/mol. The molecule has 0 radical (unpaired) electrons. The van der Waals surface area contributed by atoms with Crippen molar-refractivity contribution < 1.29 is 14.3 Å². The summed E-state index contributed by atoms with van der Waals surface area (Å²) in [6.45, 7) is 7.06. The van der Waals surface area contributed by atoms with Crippen LogP contribution in [0.2, 0.25) is 0 Å². The number of anilines is 1. The van der Waals surface area contributed by atoms with Gasteiger partial charge in [0.15, 0.2) is 6.29 Å². The Morgan fingerprint density at radius 3 is 2.59 bits per heavy atom. The molecule has 1 aromatic heterocycles. The Balaban J connectivity index is 2.84. The monoisotopic (exact) mass is 236 g/mol. The van der Waals surface area contributed by atoms with E-state index in [0.717, 1.165) is 0 Å². The van der Waals surface area contributed by atoms with Crippen molar-refractivity contribution in [2.24, 2.45) is 0 Å². The van der Waals surface area contributed by atoms with E-state index in [4.69, 9.17) is 4.74 Å². The number of aromatic nitrogens is 1. The normalized spacial score (nSPS) is 10.8. The summed E-state index contributed by atoms with van der Waals surface area (Å²) in [6.07, 6.45) is 0.0118. The number of hydrogen-bond donors (Lipinski definition) is 1. The van der Waals surface area contributed by atoms with Gasteiger partial charge in [-0.1, -0.05) is 0 Å². The number of aldehydes is 1. The highest BCUT2D eigenvalue weighted by Crippen LogP contribution is 2.13. The van der Waals surface area contributed by atoms with Crippen LogP contribution in [0.3, 0.4) is 0 Å². The molecule has 0 spiro atoms. The highest BCUT2D eigenvalue weighted by atomic mass is 16.6. The summed E-state index contributed by atoms with van der Waals surface area (Å²) in [5, 5.41) is 2.46. The van der Waals surface area contributed by atoms with Crippen LogP contribution in [0.15, 0.2) is 12.1 Å². The summed E-state index contributed by atoms with van der Waals surface area (Å²) >= 11 is 0. The quantitative estimate of drug-likeness (QED) is 0.801. The van der Waals surface area contributed by atoms with Crippen molar-refractivity contribution in [2.75, 3.05) is 5.32 Å². The molecule has 92 valence electrons. The van der Waals surface area contributed by atoms with Gasteiger partial charge in [0.05, 0.1) is 5.56 Å². The summed E-state index contributed by atoms with van der Waals surface area (Å²) in [5.74, 6) is 0.217. The molecule has 0 fully saturated rings. The molecule has 0 atom stereocenters. The largest absolute Gasteiger partial charge is 0.444 e. The Bertz CT molecular complexity index is 436. The molecule has 0 unspecified atom stereocenters. The molecule has 0 aliphatic heterocycles. The maximum Gasteiger partial charge on any atom is 0.413 e. The van der Waals surface area contributed by atoms with E-state index < -0.39 is 11.7 Å². The topological polar surface area (TPSA) is 68.3 Å². The van der Waals surface area contributed by atoms with Gasteiger partial charge in [-0.2, -0.15) is 0 Å². The van der Waals surface area contributed by atoms with Gasteiger partial charge in [0.1, 0.15) is 11.4 Å². The van der Waals surface area contributed by atoms with Crippen molar-refractivity contribution in [2.45, 2.75) is 33.3 Å². The van der Waals surface area contributed by atoms with Crippen molar-refractivity contribution >= 4 is 18.2 Å². The van der Waals surface area contributed by atoms with Gasteiger partial charge in [0.25, 0.3) is 0 Å². The first-order valence-electron chi connectivity index (χ1n) is 5.24. The van der Waals surface area contributed by atoms with E-state index in [9.17, 15) is 9.59 Å². The van der Waals surface area contributed by atoms with Crippen LogP contribution >= 0.6 is 0 Å². The molecule has 0 aromatic carbocycles. The predicted octanol–water partition coefficient (Wildman–Crippen LogP) is 2.55. The maximum absolute atomic E-state index is 11.5. The average molecular weight is 236 g/mol. The van der Waals surface area contributed by atoms with Crippen LogP contribution in [-0.4, -0.2) is 23.0 Å². The van der Waals surface area contributed by atoms with E-state index in [2.05, 4.69) is 10.3 Å². The number of pyridine rings is 1. The number of hydrogen-bond acceptors (Lipinski definition) is 4. The molecule has 0 bridgehead atoms. The van der Waals surface area contributed by atoms with E-state index in [0.29, 0.717) is 17.5 Å². The minimum atomic E-state index is -0.626. The fourth-order valence-electron chi connectivity index (χ4n) is 1.16. The van der Waals surface area contributed by atoms with Crippen LogP contribution in [0, 0.1) is 6.92 Å². The van der Waals surface area contributed by atoms with Gasteiger partial charge in [0, 0.05) is 5.69 Å². The third-order valence-electron chi connectivity index (χ3n) is 1.81. The zero-order valence-electron chi connectivity index (χ0n) is 10.4. The third kappa shape index (κ3) is 4.22. The zero-order valence-corrected chi connectivity index (χ0v) is 10.4. The van der Waals surface area contributed by atoms with Crippen molar-refractivity contribution in [3.05, 3.63) is 23.4 Å². The van der Waals surface area contributed by atoms with Crippen LogP contribution < -0.4 is 5.32 Å². The van der Waals surface area contributed by atoms with Crippen molar-refractivity contribution in [1.82, 2.24) is 4.98 Å². The van der Waals surface area contributed by atoms with Crippen LogP contribution in [0.1, 0.15) is 36.8 Å². The second kappa shape index (κ2) is 4.95. The summed E-state index contributed by atoms with van der Waals surface area (Å²) in [7, 11) is 0. The Hall–Kier alpha value is -1.91. The van der Waals surface area contributed by atoms with Gasteiger partial charge in [-0.15, -0.1) is 0 Å². The number of carbonyl (C=O) groups excluding carboxylic acids is 2. The molecule has 0 aliphatic carbocycles. The second-order valence-corrected chi connectivity index (χ2v) is 4.64. The highest BCUT2D eigenvalue weighted by molar-refractivity contribution is 5.91. The van der Waals surface area contributed by atoms with E-state index >= 15 is 0 Å². The first kappa shape index (κ1) is 13.2. The molecule has 1 N–H and O–H groups in total. The highest BCUT2D eigenvalue weighted by Gasteiger charge is 2.17. The number of amides is 1. The zero-order chi connectivity index (χ0) is 13.1. The fraction of sp³-hybridized carbons (Fsp3) is 0.417. The molecule has 1 amide bonds. The van der Waals surface area contributed by atoms with Gasteiger partial charge in [-0.05, 0) is 39.8 Å². The van der Waals surface area contributed by atoms with Crippen molar-refractivity contribution in [3.63, 3.8) is 0 Å². The third-order valence-corrected chi connectivity index (χ3v) is 1.81. The van der Waals surface area contributed by atoms with Crippen LogP contribution in [0.4, 0.5) is 10.6 Å². The molecule has 0 saturated carbocycles. The van der Waals surface area contributed by atoms with Crippen LogP contribution in [0.5, 0.6) is 0 Å². The summed E-state index contributed by atoms with van der Waals surface area (Å²) in [5.41, 5.74) is 0.443. The second-order valence-electron chi connectivity index (χ2n) is 4.64. The van der Waals surface area contributed by atoms with Gasteiger partial charge < -0.3 is 4.74 Å². The Morgan fingerprint density at radius 1 is 1.41 bits per heavy atom. The smallest absolute Gasteiger partial charge is 0.413 e. The average Bonchev–Trinajstić information content (AvgIpc) is 2.14. The Labute approximate surface area is 100 Å². The molecule has 1 heterocycles. The van der Waals surface area contributed by atoms with Gasteiger partial charge in [-0.3, -0.25) is 10.1 Å². The van der Waals surface area contributed by atoms with Gasteiger partial charge in [-0.25, -0.2) is 9.78 Å². The van der Waals surface area contributed by atoms with Gasteiger partial charge in [0.2, 0.25) is 0 Å². The molecule has 5 heteroatoms. The van der Waals surface area contributed by atoms with E-state index in [1.807, 2.05) is 0 Å². The first-order chi connectivity index (χ1) is 7.81. The minimum absolute atomic E-state index is 0.217. The van der Waals surface area contributed by atoms with Crippen molar-refractivity contribution in [3.8, 4) is 0 Å². The lowest BCUT2D eigenvalue weighted by Gasteiger charge is -2.19. The maximum atomic E-state index is 11.5. The number of rotatable bonds is 2. The van der Waals surface area contributed by atoms with Gasteiger partial charge >= 0.3 is 6.09 Å². The Morgan fingerprint density at radius 2 is 2.06 bits per heavy atom. The molecular weight excluding hydrogens is 220 g/mol. The lowest BCUT2D eigenvalue weighted by molar-refractivity contribution is 0.0635. The van der Waals surface area contributed by atoms with E-state index in [-0.39, 0.29) is 5.82 Å². The van der Waals surface area contributed by atoms with E-state index in [1.165, 1.54) is 0 Å². The number of nitrogens with one attached hydrogen (secondary N) is 1. The van der Waals surface area contributed by atoms with Crippen LogP contribution in [0.25, 0.3) is 0 Å². The fourth-order valence-corrected chi connectivity index (χ4v) is 1.16. The SMILES string of the molecule is Cc1ccc(C=O)c(NC(=O)OC(C)(C)C)n1. The summed E-state index contributed by atoms with van der Waals surface area (Å²) in [6, 6.07) is 3.30. The lowest BCUT2D eigenvalue weighted by Crippen LogP contribution is -2.27. The lowest BCUT2D eigenvalue weighted by atomic mass is 10.2. The standard InChI is InChI=1S/C12H16N2O3/c1-8-5-6-9(7-15)10(13-8)14-11(16)17-12(2,3)4/h5-7H,1-4H3,(H,13,14,16). The van der Waals surface area contributed by atoms with Crippen LogP contribution in [-0.2, 0) is 4.74 Å². The Kier molecular flexibility index (Phi) is 3.83. The summed E-state index contributed by atoms with van der Waals surface area (Å²) in [4.78, 5) is 26.4. The summed E-state index contributed by atoms with van der Waals surface area (Å²) < 4.78 is 5.08.